The van der Waals surface area contributed by atoms with Gasteiger partial charge in [0.25, 0.3) is 0 Å². The van der Waals surface area contributed by atoms with Crippen LogP contribution in [0.3, 0.4) is 0 Å². The molecule has 3 aromatic carbocycles. The average Bonchev–Trinajstić information content (AvgIpc) is 1.67. The molecule has 0 aliphatic carbocycles. The van der Waals surface area contributed by atoms with Crippen molar-refractivity contribution in [3.63, 3.8) is 0 Å². The zero-order valence-corrected chi connectivity index (χ0v) is 78.8. The first-order chi connectivity index (χ1) is 65.4. The van der Waals surface area contributed by atoms with E-state index in [1.807, 2.05) is 13.8 Å². The number of benzene rings is 3. The Hall–Kier alpha value is -14.2. The number of rotatable bonds is 28. The quantitative estimate of drug-likeness (QED) is 0.0129. The van der Waals surface area contributed by atoms with Gasteiger partial charge in [0, 0.05) is 124 Å². The van der Waals surface area contributed by atoms with Gasteiger partial charge in [-0.25, -0.2) is 4.98 Å². The van der Waals surface area contributed by atoms with E-state index < -0.39 is 228 Å². The standard InChI is InChI=1S/C91H129N27O18S/c1-8-10-30-69-83(130)112-64-36-50(3)118(88(64)135)72(82(129)103-45-74(93)121)47-137-48-75(122)105-65(37-52-22-13-12-14-23-52)85(132)114(5)51(4)76(123)110-67(41-73(92)120)87(134)117-35-21-32-70(117)84(131)109-63(40-55-44-98-49-104-55)80(127)107-61(29-20-34-100-91(96)97)78(125)113-68(46-119)81(128)108-62(38-53-42-101-58-26-17-15-24-56(53)58)79(126)106-60(28-19-33-99-90(94)95)77(124)111-66(39-54-43-102-59-27-18-16-25-57(54)59)86(133)116(7)71(31-11-9-2)89(136)115(69)6/h12-18,22-27,42-44,49-51,60-72,101-102,119H,8-11,19-21,28-41,45-48H2,1-7H3,(H2,92,120)(H2,93,121)(H,98,104)(H,103,129)(H,105,122)(H,106,126)(H,107,127)(H,108,128)(H,109,131)(H,110,123)(H,111,124)(H,112,130)(H,113,125)(H4,94,95,99)(H4,96,97,100)/t50?,51-,60-,61-,62-,63-,64-,65-,66-,67-,68-,69-,70-,71-,72-/m0/s1. The van der Waals surface area contributed by atoms with Gasteiger partial charge in [-0.3, -0.25) is 92.3 Å². The molecule has 3 aliphatic rings. The average molecular weight is 1920 g/mol. The first kappa shape index (κ1) is 106. The lowest BCUT2D eigenvalue weighted by molar-refractivity contribution is -0.149. The molecule has 6 heterocycles. The second kappa shape index (κ2) is 51.5. The normalized spacial score (nSPS) is 24.4. The molecule has 0 spiro atoms. The highest BCUT2D eigenvalue weighted by Gasteiger charge is 2.48. The number of guanidine groups is 2. The minimum atomic E-state index is -1.93. The zero-order valence-electron chi connectivity index (χ0n) is 77.9. The number of nitrogens with one attached hydrogen (secondary N) is 17. The van der Waals surface area contributed by atoms with Gasteiger partial charge in [-0.2, -0.15) is 0 Å². The molecule has 3 fully saturated rings. The van der Waals surface area contributed by atoms with Crippen LogP contribution in [0.5, 0.6) is 0 Å². The Balaban J connectivity index is 1.11. The topological polar surface area (TPSA) is 683 Å². The van der Waals surface area contributed by atoms with Gasteiger partial charge in [-0.1, -0.05) is 106 Å². The summed E-state index contributed by atoms with van der Waals surface area (Å²) in [5.74, 6) is -17.3. The monoisotopic (exact) mass is 1920 g/mol. The number of hydrogen-bond donors (Lipinski definition) is 22. The number of nitrogens with two attached hydrogens (primary N) is 4. The summed E-state index contributed by atoms with van der Waals surface area (Å²) in [6.07, 6.45) is 5.40. The summed E-state index contributed by atoms with van der Waals surface area (Å²) in [5, 5.41) is 60.2. The minimum absolute atomic E-state index is 0.0108. The molecule has 15 atom stereocenters. The lowest BCUT2D eigenvalue weighted by Gasteiger charge is -2.36. The number of aromatic nitrogens is 4. The van der Waals surface area contributed by atoms with Gasteiger partial charge in [-0.15, -0.1) is 11.8 Å². The highest BCUT2D eigenvalue weighted by atomic mass is 32.2. The van der Waals surface area contributed by atoms with Gasteiger partial charge in [0.1, 0.15) is 84.6 Å². The van der Waals surface area contributed by atoms with Crippen molar-refractivity contribution < 1.29 is 86.6 Å². The van der Waals surface area contributed by atoms with E-state index in [4.69, 9.17) is 33.8 Å². The lowest BCUT2D eigenvalue weighted by Crippen LogP contribution is -2.62. The molecule has 26 N–H and O–H groups in total. The van der Waals surface area contributed by atoms with Crippen molar-refractivity contribution in [2.45, 2.75) is 234 Å². The van der Waals surface area contributed by atoms with E-state index in [2.05, 4.69) is 83.7 Å². The number of carbonyl (C=O) groups excluding carboxylic acids is 17. The first-order valence-electron chi connectivity index (χ1n) is 45.9. The third-order valence-corrected chi connectivity index (χ3v) is 25.6. The maximum atomic E-state index is 15.9. The predicted octanol–water partition coefficient (Wildman–Crippen LogP) is -3.39. The molecular formula is C91H129N27O18S. The number of aliphatic hydroxyl groups is 1. The Morgan fingerprint density at radius 1 is 0.504 bits per heavy atom. The number of aliphatic hydroxyl groups excluding tert-OH is 1. The third kappa shape index (κ3) is 29.9. The van der Waals surface area contributed by atoms with Gasteiger partial charge >= 0.3 is 0 Å². The van der Waals surface area contributed by atoms with Crippen molar-refractivity contribution in [3.05, 3.63) is 126 Å². The SMILES string of the molecule is CCCC[C@H]1C(=O)N(C)[C@@H](CCCC)C(=O)N[C@H]2CC(C)N(C2=O)[C@H](C(=O)NCC(N)=O)CSCC(=O)N[C@@H](Cc2ccccc2)C(=O)N(C)[C@@H](C)C(=O)N[C@@H](CC(N)=O)C(=O)N2CCC[C@H]2C(=O)N[C@@H](Cc2cnc[nH]2)C(=O)N[C@@H](CCCNC(=N)N)C(=O)N[C@@H](CO)C(=O)N[C@@H](Cc2c[nH]c3ccccc23)C(=O)N[C@@H](CCCNC(=N)N)C(=O)N[C@@H](Cc2c[nH]c3ccccc23)C(=O)N1C. The Morgan fingerprint density at radius 3 is 1.57 bits per heavy atom. The van der Waals surface area contributed by atoms with Crippen LogP contribution in [0.25, 0.3) is 21.8 Å². The highest BCUT2D eigenvalue weighted by molar-refractivity contribution is 8.00. The van der Waals surface area contributed by atoms with Crippen LogP contribution in [0.15, 0.2) is 104 Å². The largest absolute Gasteiger partial charge is 0.394 e. The summed E-state index contributed by atoms with van der Waals surface area (Å²) in [6.45, 7) is 4.65. The molecule has 45 nitrogen and oxygen atoms in total. The van der Waals surface area contributed by atoms with Crippen molar-refractivity contribution in [2.75, 3.05) is 65.4 Å². The van der Waals surface area contributed by atoms with E-state index in [1.54, 1.807) is 98.2 Å². The fraction of sp³-hybridized carbons (Fsp3) is 0.516. The van der Waals surface area contributed by atoms with E-state index in [-0.39, 0.29) is 115 Å². The van der Waals surface area contributed by atoms with E-state index in [9.17, 15) is 48.3 Å². The molecular weight excluding hydrogens is 1790 g/mol. The number of amides is 17. The van der Waals surface area contributed by atoms with Crippen LogP contribution in [0, 0.1) is 10.8 Å². The molecule has 3 aliphatic heterocycles. The molecule has 0 radical (unpaired) electrons. The molecule has 137 heavy (non-hydrogen) atoms. The number of H-pyrrole nitrogens is 3. The van der Waals surface area contributed by atoms with Crippen LogP contribution in [-0.2, 0) is 107 Å². The van der Waals surface area contributed by atoms with Crippen LogP contribution < -0.4 is 86.7 Å². The van der Waals surface area contributed by atoms with Crippen molar-refractivity contribution in [2.24, 2.45) is 22.9 Å². The van der Waals surface area contributed by atoms with E-state index >= 15 is 38.4 Å². The molecule has 2 bridgehead atoms. The number of imidazole rings is 1. The molecule has 1 unspecified atom stereocenters. The number of para-hydroxylation sites is 2. The van der Waals surface area contributed by atoms with Gasteiger partial charge in [0.05, 0.1) is 31.7 Å². The fourth-order valence-corrected chi connectivity index (χ4v) is 17.9. The molecule has 3 saturated heterocycles. The molecule has 17 amide bonds. The van der Waals surface area contributed by atoms with Crippen molar-refractivity contribution in [1.29, 1.82) is 10.8 Å². The number of aromatic amines is 3. The molecule has 6 aromatic rings. The van der Waals surface area contributed by atoms with Crippen LogP contribution >= 0.6 is 11.8 Å². The second-order valence-electron chi connectivity index (χ2n) is 34.6. The molecule has 0 saturated carbocycles. The van der Waals surface area contributed by atoms with E-state index in [0.717, 1.165) is 21.6 Å². The Labute approximate surface area is 796 Å². The van der Waals surface area contributed by atoms with E-state index in [0.29, 0.717) is 64.2 Å². The van der Waals surface area contributed by atoms with Gasteiger partial charge in [0.2, 0.25) is 100 Å². The number of hydrogen-bond acceptors (Lipinski definition) is 22. The van der Waals surface area contributed by atoms with Crippen LogP contribution in [0.1, 0.15) is 140 Å². The van der Waals surface area contributed by atoms with E-state index in [1.165, 1.54) is 55.3 Å². The number of nitrogens with zero attached hydrogens (tertiary/aromatic N) is 6. The molecule has 742 valence electrons. The van der Waals surface area contributed by atoms with Gasteiger partial charge < -0.3 is 131 Å². The summed E-state index contributed by atoms with van der Waals surface area (Å²) >= 11 is 0.864. The molecule has 9 rings (SSSR count). The fourth-order valence-electron chi connectivity index (χ4n) is 17.0. The molecule has 46 heteroatoms. The highest BCUT2D eigenvalue weighted by Crippen LogP contribution is 2.29. The number of primary amides is 2. The predicted molar refractivity (Wildman–Crippen MR) is 506 cm³/mol. The number of thioether (sulfide) groups is 1. The van der Waals surface area contributed by atoms with Crippen LogP contribution in [0.4, 0.5) is 0 Å². The lowest BCUT2D eigenvalue weighted by atomic mass is 9.99. The molecule has 3 aromatic heterocycles. The maximum absolute atomic E-state index is 15.9. The van der Waals surface area contributed by atoms with Crippen LogP contribution in [0.2, 0.25) is 0 Å². The first-order valence-corrected chi connectivity index (χ1v) is 47.0. The van der Waals surface area contributed by atoms with Crippen molar-refractivity contribution in [3.8, 4) is 0 Å². The minimum Gasteiger partial charge on any atom is -0.394 e. The number of fused-ring (bicyclic) bond motifs is 5. The van der Waals surface area contributed by atoms with Gasteiger partial charge in [0.15, 0.2) is 11.9 Å². The Morgan fingerprint density at radius 2 is 1.01 bits per heavy atom. The summed E-state index contributed by atoms with van der Waals surface area (Å²) < 4.78 is 0. The zero-order chi connectivity index (χ0) is 99.9. The van der Waals surface area contributed by atoms with Crippen molar-refractivity contribution >= 4 is 146 Å². The summed E-state index contributed by atoms with van der Waals surface area (Å²) in [7, 11) is 4.03. The second-order valence-corrected chi connectivity index (χ2v) is 35.6. The number of carbonyl (C=O) groups is 17. The van der Waals surface area contributed by atoms with Gasteiger partial charge in [-0.05, 0) is 100 Å². The number of likely N-dealkylation sites (N-methyl/N-ethyl adjacent to an activating group) is 3. The maximum Gasteiger partial charge on any atom is 0.246 e. The Bertz CT molecular complexity index is 5290. The van der Waals surface area contributed by atoms with Crippen LogP contribution in [-0.4, -0.2) is 318 Å². The summed E-state index contributed by atoms with van der Waals surface area (Å²) in [5.41, 5.74) is 25.7. The number of unbranched alkanes of at least 4 members (excludes halogenated alkanes) is 2. The Kier molecular flexibility index (Phi) is 40.0. The summed E-state index contributed by atoms with van der Waals surface area (Å²) in [4.78, 5) is 270. The summed E-state index contributed by atoms with van der Waals surface area (Å²) in [6, 6.07) is 0.261. The van der Waals surface area contributed by atoms with Crippen molar-refractivity contribution in [1.82, 2.24) is 108 Å². The third-order valence-electron chi connectivity index (χ3n) is 24.6. The smallest absolute Gasteiger partial charge is 0.246 e.